The summed E-state index contributed by atoms with van der Waals surface area (Å²) in [5, 5.41) is 9.60. The molecule has 0 aliphatic carbocycles. The van der Waals surface area contributed by atoms with Crippen molar-refractivity contribution in [3.63, 3.8) is 0 Å². The molecule has 1 aromatic rings. The van der Waals surface area contributed by atoms with Gasteiger partial charge in [-0.05, 0) is 12.1 Å². The van der Waals surface area contributed by atoms with Gasteiger partial charge in [-0.2, -0.15) is 0 Å². The number of azo groups is 1. The molecule has 0 bridgehead atoms. The van der Waals surface area contributed by atoms with Crippen molar-refractivity contribution in [1.29, 1.82) is 0 Å². The summed E-state index contributed by atoms with van der Waals surface area (Å²) >= 11 is 13.4. The van der Waals surface area contributed by atoms with E-state index in [9.17, 15) is 0 Å². The predicted octanol–water partition coefficient (Wildman–Crippen LogP) is 4.18. The molecular weight excluding hydrogens is 253 g/mol. The van der Waals surface area contributed by atoms with Crippen LogP contribution >= 0.6 is 35.0 Å². The van der Waals surface area contributed by atoms with Crippen molar-refractivity contribution in [2.24, 2.45) is 15.2 Å². The second-order valence-electron chi connectivity index (χ2n) is 2.79. The lowest BCUT2D eigenvalue weighted by molar-refractivity contribution is 1.16. The van der Waals surface area contributed by atoms with Gasteiger partial charge in [0.1, 0.15) is 5.69 Å². The molecule has 0 unspecified atom stereocenters. The Labute approximate surface area is 102 Å². The summed E-state index contributed by atoms with van der Waals surface area (Å²) in [6, 6.07) is 5.26. The third-order valence-electron chi connectivity index (χ3n) is 1.74. The standard InChI is InChI=1S/C9H7Cl2N3S/c10-6-2-1-3-7(8(6)11)13-14-9-12-4-5-15-9/h1-3H,4-5H2/b14-13+. The lowest BCUT2D eigenvalue weighted by atomic mass is 10.3. The summed E-state index contributed by atoms with van der Waals surface area (Å²) < 4.78 is 0. The van der Waals surface area contributed by atoms with Crippen molar-refractivity contribution in [3.05, 3.63) is 28.2 Å². The maximum absolute atomic E-state index is 5.95. The van der Waals surface area contributed by atoms with Gasteiger partial charge in [-0.25, -0.2) is 0 Å². The van der Waals surface area contributed by atoms with Gasteiger partial charge in [0.05, 0.1) is 16.6 Å². The Morgan fingerprint density at radius 2 is 2.13 bits per heavy atom. The summed E-state index contributed by atoms with van der Waals surface area (Å²) in [4.78, 5) is 4.15. The first-order valence-corrected chi connectivity index (χ1v) is 6.04. The van der Waals surface area contributed by atoms with E-state index in [1.807, 2.05) is 0 Å². The molecule has 1 aliphatic heterocycles. The average Bonchev–Trinajstić information content (AvgIpc) is 2.73. The van der Waals surface area contributed by atoms with Crippen LogP contribution in [-0.4, -0.2) is 17.5 Å². The minimum atomic E-state index is 0.423. The lowest BCUT2D eigenvalue weighted by Gasteiger charge is -1.97. The summed E-state index contributed by atoms with van der Waals surface area (Å²) in [6.07, 6.45) is 0. The molecule has 0 saturated carbocycles. The fourth-order valence-corrected chi connectivity index (χ4v) is 2.03. The molecule has 1 aliphatic rings. The Morgan fingerprint density at radius 1 is 1.27 bits per heavy atom. The number of hydrogen-bond acceptors (Lipinski definition) is 4. The third kappa shape index (κ3) is 2.71. The Kier molecular flexibility index (Phi) is 3.61. The van der Waals surface area contributed by atoms with Gasteiger partial charge in [-0.1, -0.05) is 41.0 Å². The van der Waals surface area contributed by atoms with Crippen molar-refractivity contribution in [3.8, 4) is 0 Å². The quantitative estimate of drug-likeness (QED) is 0.698. The van der Waals surface area contributed by atoms with Crippen molar-refractivity contribution >= 4 is 45.8 Å². The first-order chi connectivity index (χ1) is 7.27. The molecule has 0 amide bonds. The first-order valence-electron chi connectivity index (χ1n) is 4.30. The molecule has 1 aromatic carbocycles. The average molecular weight is 260 g/mol. The van der Waals surface area contributed by atoms with E-state index in [2.05, 4.69) is 15.2 Å². The Morgan fingerprint density at radius 3 is 2.87 bits per heavy atom. The van der Waals surface area contributed by atoms with E-state index < -0.39 is 0 Å². The molecule has 0 aromatic heterocycles. The summed E-state index contributed by atoms with van der Waals surface area (Å²) in [5.41, 5.74) is 0.569. The highest BCUT2D eigenvalue weighted by Gasteiger charge is 2.06. The van der Waals surface area contributed by atoms with Crippen LogP contribution in [0.5, 0.6) is 0 Å². The Hall–Kier alpha value is -0.580. The number of nitrogens with zero attached hydrogens (tertiary/aromatic N) is 3. The molecule has 6 heteroatoms. The zero-order chi connectivity index (χ0) is 10.7. The number of rotatable bonds is 1. The van der Waals surface area contributed by atoms with Crippen LogP contribution in [0.2, 0.25) is 10.0 Å². The normalized spacial score (nSPS) is 16.0. The van der Waals surface area contributed by atoms with E-state index in [-0.39, 0.29) is 0 Å². The number of thioether (sulfide) groups is 1. The van der Waals surface area contributed by atoms with Crippen LogP contribution in [0.1, 0.15) is 0 Å². The van der Waals surface area contributed by atoms with Gasteiger partial charge >= 0.3 is 0 Å². The molecule has 0 spiro atoms. The fourth-order valence-electron chi connectivity index (χ4n) is 1.05. The van der Waals surface area contributed by atoms with Gasteiger partial charge in [0, 0.05) is 5.75 Å². The highest BCUT2D eigenvalue weighted by Crippen LogP contribution is 2.32. The maximum atomic E-state index is 5.95. The maximum Gasteiger partial charge on any atom is 0.204 e. The molecule has 1 heterocycles. The molecule has 15 heavy (non-hydrogen) atoms. The zero-order valence-corrected chi connectivity index (χ0v) is 9.98. The van der Waals surface area contributed by atoms with E-state index in [0.717, 1.165) is 12.3 Å². The Balaban J connectivity index is 2.20. The monoisotopic (exact) mass is 259 g/mol. The highest BCUT2D eigenvalue weighted by molar-refractivity contribution is 8.14. The number of halogens is 2. The first kappa shape index (κ1) is 10.9. The van der Waals surface area contributed by atoms with E-state index in [4.69, 9.17) is 23.2 Å². The van der Waals surface area contributed by atoms with Crippen LogP contribution in [0.3, 0.4) is 0 Å². The van der Waals surface area contributed by atoms with Gasteiger partial charge < -0.3 is 0 Å². The summed E-state index contributed by atoms with van der Waals surface area (Å²) in [5.74, 6) is 0.970. The van der Waals surface area contributed by atoms with Crippen LogP contribution in [0.25, 0.3) is 0 Å². The molecule has 3 nitrogen and oxygen atoms in total. The van der Waals surface area contributed by atoms with Crippen LogP contribution in [0.15, 0.2) is 33.4 Å². The van der Waals surface area contributed by atoms with Gasteiger partial charge in [0.15, 0.2) is 0 Å². The number of hydrogen-bond donors (Lipinski definition) is 0. The molecular formula is C9H7Cl2N3S. The van der Waals surface area contributed by atoms with Gasteiger partial charge in [-0.3, -0.25) is 4.99 Å². The molecule has 0 N–H and O–H groups in total. The van der Waals surface area contributed by atoms with E-state index in [0.29, 0.717) is 20.9 Å². The minimum Gasteiger partial charge on any atom is -0.258 e. The van der Waals surface area contributed by atoms with Crippen molar-refractivity contribution in [2.45, 2.75) is 0 Å². The topological polar surface area (TPSA) is 37.1 Å². The summed E-state index contributed by atoms with van der Waals surface area (Å²) in [7, 11) is 0. The number of aliphatic imine (C=N–C) groups is 1. The van der Waals surface area contributed by atoms with Gasteiger partial charge in [0.25, 0.3) is 0 Å². The van der Waals surface area contributed by atoms with E-state index in [1.165, 1.54) is 0 Å². The minimum absolute atomic E-state index is 0.423. The van der Waals surface area contributed by atoms with E-state index in [1.54, 1.807) is 30.0 Å². The number of amidine groups is 1. The van der Waals surface area contributed by atoms with Gasteiger partial charge in [-0.15, -0.1) is 10.2 Å². The smallest absolute Gasteiger partial charge is 0.204 e. The summed E-state index contributed by atoms with van der Waals surface area (Å²) in [6.45, 7) is 0.808. The van der Waals surface area contributed by atoms with Crippen LogP contribution in [-0.2, 0) is 0 Å². The number of benzene rings is 1. The molecule has 78 valence electrons. The third-order valence-corrected chi connectivity index (χ3v) is 3.41. The molecule has 0 saturated heterocycles. The van der Waals surface area contributed by atoms with Crippen LogP contribution < -0.4 is 0 Å². The molecule has 0 fully saturated rings. The predicted molar refractivity (Wildman–Crippen MR) is 65.7 cm³/mol. The van der Waals surface area contributed by atoms with Crippen molar-refractivity contribution in [1.82, 2.24) is 0 Å². The fraction of sp³-hybridized carbons (Fsp3) is 0.222. The lowest BCUT2D eigenvalue weighted by Crippen LogP contribution is -1.78. The second-order valence-corrected chi connectivity index (χ2v) is 4.63. The molecule has 0 radical (unpaired) electrons. The molecule has 2 rings (SSSR count). The van der Waals surface area contributed by atoms with Gasteiger partial charge in [0.2, 0.25) is 5.17 Å². The zero-order valence-electron chi connectivity index (χ0n) is 7.65. The van der Waals surface area contributed by atoms with Crippen molar-refractivity contribution < 1.29 is 0 Å². The molecule has 0 atom stereocenters. The Bertz CT molecular complexity index is 431. The SMILES string of the molecule is Clc1cccc(/N=N/C2=NCCS2)c1Cl. The van der Waals surface area contributed by atoms with Crippen LogP contribution in [0, 0.1) is 0 Å². The largest absolute Gasteiger partial charge is 0.258 e. The second kappa shape index (κ2) is 4.96. The van der Waals surface area contributed by atoms with E-state index >= 15 is 0 Å². The highest BCUT2D eigenvalue weighted by atomic mass is 35.5. The van der Waals surface area contributed by atoms with Crippen molar-refractivity contribution in [2.75, 3.05) is 12.3 Å². The van der Waals surface area contributed by atoms with Crippen LogP contribution in [0.4, 0.5) is 5.69 Å².